The number of nitrogens with zero attached hydrogens (tertiary/aromatic N) is 3. The molecule has 0 unspecified atom stereocenters. The van der Waals surface area contributed by atoms with E-state index in [2.05, 4.69) is 15.4 Å². The topological polar surface area (TPSA) is 112 Å². The van der Waals surface area contributed by atoms with Crippen LogP contribution in [0.5, 0.6) is 0 Å². The highest BCUT2D eigenvalue weighted by Gasteiger charge is 2.26. The molecule has 2 aromatic carbocycles. The number of hydrogen-bond donors (Lipinski definition) is 1. The minimum absolute atomic E-state index is 0.00841. The molecule has 2 aromatic heterocycles. The summed E-state index contributed by atoms with van der Waals surface area (Å²) < 4.78 is 11.4. The number of aromatic nitrogens is 3. The van der Waals surface area contributed by atoms with Gasteiger partial charge in [0, 0.05) is 29.4 Å². The van der Waals surface area contributed by atoms with Crippen LogP contribution in [0.25, 0.3) is 22.2 Å². The lowest BCUT2D eigenvalue weighted by atomic mass is 10.0. The molecule has 2 heterocycles. The van der Waals surface area contributed by atoms with Gasteiger partial charge in [-0.15, -0.1) is 0 Å². The second-order valence-corrected chi connectivity index (χ2v) is 7.47. The molecule has 4 aromatic rings. The smallest absolute Gasteiger partial charge is 0.344 e. The molecule has 9 nitrogen and oxygen atoms in total. The van der Waals surface area contributed by atoms with Crippen molar-refractivity contribution in [3.05, 3.63) is 82.8 Å². The lowest BCUT2D eigenvalue weighted by Gasteiger charge is -2.17. The molecule has 0 fully saturated rings. The summed E-state index contributed by atoms with van der Waals surface area (Å²) in [4.78, 5) is 42.9. The number of fused-ring (bicyclic) bond motifs is 1. The molecule has 0 bridgehead atoms. The van der Waals surface area contributed by atoms with E-state index >= 15 is 0 Å². The zero-order valence-corrected chi connectivity index (χ0v) is 19.4. The van der Waals surface area contributed by atoms with Crippen molar-refractivity contribution in [1.82, 2.24) is 14.8 Å². The summed E-state index contributed by atoms with van der Waals surface area (Å²) in [7, 11) is 0. The fourth-order valence-electron chi connectivity index (χ4n) is 3.64. The first-order chi connectivity index (χ1) is 17.0. The molecule has 178 valence electrons. The van der Waals surface area contributed by atoms with Gasteiger partial charge in [0.05, 0.1) is 12.1 Å². The third-order valence-electron chi connectivity index (χ3n) is 5.24. The summed E-state index contributed by atoms with van der Waals surface area (Å²) in [5.41, 5.74) is 1.58. The molecule has 0 radical (unpaired) electrons. The predicted octanol–water partition coefficient (Wildman–Crippen LogP) is 3.94. The monoisotopic (exact) mass is 472 g/mol. The van der Waals surface area contributed by atoms with Crippen LogP contribution in [0.4, 0.5) is 11.4 Å². The van der Waals surface area contributed by atoms with E-state index in [1.165, 1.54) is 4.68 Å². The van der Waals surface area contributed by atoms with Crippen LogP contribution in [0.2, 0.25) is 0 Å². The first kappa shape index (κ1) is 23.6. The molecule has 9 heteroatoms. The van der Waals surface area contributed by atoms with Crippen LogP contribution in [0.3, 0.4) is 0 Å². The second kappa shape index (κ2) is 10.6. The lowest BCUT2D eigenvalue weighted by molar-refractivity contribution is -0.146. The van der Waals surface area contributed by atoms with E-state index in [0.29, 0.717) is 11.3 Å². The predicted molar refractivity (Wildman–Crippen MR) is 132 cm³/mol. The average molecular weight is 473 g/mol. The standard InChI is InChI=1S/C26H24N4O5/c1-3-30-25(32)24(28-20-14-8-13-19-18(20)12-9-15-27-19)22(26(33)35-16-21(31)34-4-2)23(29-30)17-10-6-5-7-11-17/h5-15,28H,3-4,16H2,1-2H3. The van der Waals surface area contributed by atoms with Crippen LogP contribution in [0.15, 0.2) is 71.7 Å². The molecule has 0 saturated heterocycles. The van der Waals surface area contributed by atoms with Crippen molar-refractivity contribution in [3.63, 3.8) is 0 Å². The van der Waals surface area contributed by atoms with Crippen molar-refractivity contribution in [2.75, 3.05) is 18.5 Å². The summed E-state index contributed by atoms with van der Waals surface area (Å²) in [6.45, 7) is 3.29. The van der Waals surface area contributed by atoms with E-state index in [-0.39, 0.29) is 30.1 Å². The van der Waals surface area contributed by atoms with E-state index in [0.717, 1.165) is 10.9 Å². The third kappa shape index (κ3) is 5.03. The zero-order chi connectivity index (χ0) is 24.8. The number of carbonyl (C=O) groups excluding carboxylic acids is 2. The molecular weight excluding hydrogens is 448 g/mol. The van der Waals surface area contributed by atoms with E-state index in [1.807, 2.05) is 18.2 Å². The Hall–Kier alpha value is -4.53. The summed E-state index contributed by atoms with van der Waals surface area (Å²) in [6.07, 6.45) is 1.67. The largest absolute Gasteiger partial charge is 0.463 e. The summed E-state index contributed by atoms with van der Waals surface area (Å²) in [6, 6.07) is 18.1. The van der Waals surface area contributed by atoms with Gasteiger partial charge in [-0.1, -0.05) is 36.4 Å². The van der Waals surface area contributed by atoms with Gasteiger partial charge in [0.1, 0.15) is 16.9 Å². The minimum atomic E-state index is -0.870. The molecule has 0 aliphatic rings. The van der Waals surface area contributed by atoms with Crippen molar-refractivity contribution in [2.24, 2.45) is 0 Å². The first-order valence-electron chi connectivity index (χ1n) is 11.2. The minimum Gasteiger partial charge on any atom is -0.463 e. The zero-order valence-electron chi connectivity index (χ0n) is 19.4. The highest BCUT2D eigenvalue weighted by Crippen LogP contribution is 2.30. The molecule has 0 saturated carbocycles. The number of nitrogens with one attached hydrogen (secondary N) is 1. The number of anilines is 2. The van der Waals surface area contributed by atoms with Crippen LogP contribution < -0.4 is 10.9 Å². The van der Waals surface area contributed by atoms with Gasteiger partial charge < -0.3 is 14.8 Å². The number of rotatable bonds is 8. The van der Waals surface area contributed by atoms with Crippen molar-refractivity contribution in [2.45, 2.75) is 20.4 Å². The number of ether oxygens (including phenoxy) is 2. The summed E-state index contributed by atoms with van der Waals surface area (Å²) in [5, 5.41) is 8.34. The van der Waals surface area contributed by atoms with Crippen molar-refractivity contribution in [1.29, 1.82) is 0 Å². The van der Waals surface area contributed by atoms with E-state index < -0.39 is 24.1 Å². The average Bonchev–Trinajstić information content (AvgIpc) is 2.89. The molecular formula is C26H24N4O5. The Morgan fingerprint density at radius 3 is 2.51 bits per heavy atom. The number of aryl methyl sites for hydroxylation is 1. The molecule has 0 aliphatic heterocycles. The lowest BCUT2D eigenvalue weighted by Crippen LogP contribution is -2.29. The van der Waals surface area contributed by atoms with Gasteiger partial charge in [0.15, 0.2) is 6.61 Å². The van der Waals surface area contributed by atoms with E-state index in [4.69, 9.17) is 9.47 Å². The van der Waals surface area contributed by atoms with Crippen molar-refractivity contribution < 1.29 is 19.1 Å². The van der Waals surface area contributed by atoms with Crippen molar-refractivity contribution in [3.8, 4) is 11.3 Å². The first-order valence-corrected chi connectivity index (χ1v) is 11.2. The van der Waals surface area contributed by atoms with Crippen molar-refractivity contribution >= 4 is 34.2 Å². The number of pyridine rings is 1. The highest BCUT2D eigenvalue weighted by atomic mass is 16.6. The Bertz CT molecular complexity index is 1430. The third-order valence-corrected chi connectivity index (χ3v) is 5.24. The number of carbonyl (C=O) groups is 2. The van der Waals surface area contributed by atoms with Gasteiger partial charge in [-0.05, 0) is 38.1 Å². The number of benzene rings is 2. The highest BCUT2D eigenvalue weighted by molar-refractivity contribution is 6.04. The Morgan fingerprint density at radius 1 is 0.971 bits per heavy atom. The van der Waals surface area contributed by atoms with Crippen LogP contribution in [-0.4, -0.2) is 39.9 Å². The molecule has 4 rings (SSSR count). The molecule has 0 amide bonds. The molecule has 0 atom stereocenters. The van der Waals surface area contributed by atoms with Crippen LogP contribution in [-0.2, 0) is 20.8 Å². The fourth-order valence-corrected chi connectivity index (χ4v) is 3.64. The van der Waals surface area contributed by atoms with E-state index in [1.54, 1.807) is 62.5 Å². The SMILES string of the molecule is CCOC(=O)COC(=O)c1c(-c2ccccc2)nn(CC)c(=O)c1Nc1cccc2ncccc12. The second-order valence-electron chi connectivity index (χ2n) is 7.47. The van der Waals surface area contributed by atoms with Crippen LogP contribution >= 0.6 is 0 Å². The van der Waals surface area contributed by atoms with Gasteiger partial charge in [-0.2, -0.15) is 5.10 Å². The van der Waals surface area contributed by atoms with Crippen LogP contribution in [0.1, 0.15) is 24.2 Å². The number of hydrogen-bond acceptors (Lipinski definition) is 8. The Labute approximate surface area is 201 Å². The number of esters is 2. The van der Waals surface area contributed by atoms with Crippen LogP contribution in [0, 0.1) is 0 Å². The molecule has 0 aliphatic carbocycles. The molecule has 1 N–H and O–H groups in total. The maximum absolute atomic E-state index is 13.4. The van der Waals surface area contributed by atoms with Gasteiger partial charge in [0.2, 0.25) is 0 Å². The summed E-state index contributed by atoms with van der Waals surface area (Å²) in [5.74, 6) is -1.56. The van der Waals surface area contributed by atoms with Gasteiger partial charge in [-0.3, -0.25) is 9.78 Å². The van der Waals surface area contributed by atoms with Gasteiger partial charge in [0.25, 0.3) is 5.56 Å². The maximum atomic E-state index is 13.4. The quantitative estimate of drug-likeness (QED) is 0.384. The Kier molecular flexibility index (Phi) is 7.15. The fraction of sp³-hybridized carbons (Fsp3) is 0.192. The maximum Gasteiger partial charge on any atom is 0.344 e. The Morgan fingerprint density at radius 2 is 1.77 bits per heavy atom. The van der Waals surface area contributed by atoms with E-state index in [9.17, 15) is 14.4 Å². The molecule has 0 spiro atoms. The summed E-state index contributed by atoms with van der Waals surface area (Å²) >= 11 is 0. The van der Waals surface area contributed by atoms with Gasteiger partial charge >= 0.3 is 11.9 Å². The van der Waals surface area contributed by atoms with Gasteiger partial charge in [-0.25, -0.2) is 14.3 Å². The normalized spacial score (nSPS) is 10.7. The molecule has 35 heavy (non-hydrogen) atoms. The Balaban J connectivity index is 1.90.